The van der Waals surface area contributed by atoms with Crippen molar-refractivity contribution in [2.45, 2.75) is 32.2 Å². The average Bonchev–Trinajstić information content (AvgIpc) is 2.15. The minimum Gasteiger partial charge on any atom is -0.337 e. The van der Waals surface area contributed by atoms with Crippen LogP contribution in [0.25, 0.3) is 0 Å². The van der Waals surface area contributed by atoms with E-state index in [1.165, 1.54) is 25.0 Å². The van der Waals surface area contributed by atoms with Gasteiger partial charge in [0, 0.05) is 17.9 Å². The van der Waals surface area contributed by atoms with Crippen molar-refractivity contribution in [3.63, 3.8) is 0 Å². The number of H-pyrrole nitrogens is 1. The summed E-state index contributed by atoms with van der Waals surface area (Å²) in [5.74, 6) is 0. The molecule has 2 nitrogen and oxygen atoms in total. The SMILES string of the molecule is Cc1c[nH]c(=S)n1C1CCC1. The van der Waals surface area contributed by atoms with Gasteiger partial charge in [-0.05, 0) is 38.4 Å². The maximum Gasteiger partial charge on any atom is 0.177 e. The van der Waals surface area contributed by atoms with Gasteiger partial charge >= 0.3 is 0 Å². The Hall–Kier alpha value is -0.570. The smallest absolute Gasteiger partial charge is 0.177 e. The lowest BCUT2D eigenvalue weighted by Crippen LogP contribution is -2.17. The molecule has 3 heteroatoms. The van der Waals surface area contributed by atoms with Crippen molar-refractivity contribution >= 4 is 12.2 Å². The van der Waals surface area contributed by atoms with Crippen molar-refractivity contribution in [1.82, 2.24) is 9.55 Å². The Morgan fingerprint density at radius 1 is 1.64 bits per heavy atom. The number of hydrogen-bond donors (Lipinski definition) is 1. The summed E-state index contributed by atoms with van der Waals surface area (Å²) in [5.41, 5.74) is 1.26. The second-order valence-electron chi connectivity index (χ2n) is 3.19. The molecule has 11 heavy (non-hydrogen) atoms. The molecular formula is C8H12N2S. The largest absolute Gasteiger partial charge is 0.337 e. The molecule has 1 saturated carbocycles. The lowest BCUT2D eigenvalue weighted by molar-refractivity contribution is 0.306. The Morgan fingerprint density at radius 2 is 2.36 bits per heavy atom. The van der Waals surface area contributed by atoms with Crippen molar-refractivity contribution in [2.24, 2.45) is 0 Å². The van der Waals surface area contributed by atoms with Gasteiger partial charge in [0.05, 0.1) is 0 Å². The summed E-state index contributed by atoms with van der Waals surface area (Å²) in [7, 11) is 0. The molecular weight excluding hydrogens is 156 g/mol. The van der Waals surface area contributed by atoms with Crippen LogP contribution >= 0.6 is 12.2 Å². The Balaban J connectivity index is 2.41. The summed E-state index contributed by atoms with van der Waals surface area (Å²) >= 11 is 5.16. The van der Waals surface area contributed by atoms with Gasteiger partial charge in [-0.15, -0.1) is 0 Å². The van der Waals surface area contributed by atoms with Gasteiger partial charge in [-0.2, -0.15) is 0 Å². The zero-order valence-corrected chi connectivity index (χ0v) is 7.45. The first-order valence-corrected chi connectivity index (χ1v) is 4.46. The number of aromatic nitrogens is 2. The molecule has 1 heterocycles. The average molecular weight is 168 g/mol. The van der Waals surface area contributed by atoms with E-state index >= 15 is 0 Å². The van der Waals surface area contributed by atoms with E-state index in [0.29, 0.717) is 6.04 Å². The highest BCUT2D eigenvalue weighted by atomic mass is 32.1. The van der Waals surface area contributed by atoms with Crippen molar-refractivity contribution in [2.75, 3.05) is 0 Å². The Kier molecular flexibility index (Phi) is 1.60. The molecule has 1 aromatic rings. The topological polar surface area (TPSA) is 20.7 Å². The van der Waals surface area contributed by atoms with E-state index in [2.05, 4.69) is 16.5 Å². The van der Waals surface area contributed by atoms with Crippen LogP contribution in [-0.4, -0.2) is 9.55 Å². The number of rotatable bonds is 1. The highest BCUT2D eigenvalue weighted by Gasteiger charge is 2.20. The fourth-order valence-electron chi connectivity index (χ4n) is 1.56. The predicted molar refractivity (Wildman–Crippen MR) is 47.2 cm³/mol. The first-order chi connectivity index (χ1) is 5.29. The van der Waals surface area contributed by atoms with E-state index in [-0.39, 0.29) is 0 Å². The molecule has 0 bridgehead atoms. The molecule has 0 spiro atoms. The highest BCUT2D eigenvalue weighted by molar-refractivity contribution is 7.71. The van der Waals surface area contributed by atoms with E-state index in [1.54, 1.807) is 0 Å². The van der Waals surface area contributed by atoms with Crippen LogP contribution in [-0.2, 0) is 0 Å². The molecule has 1 fully saturated rings. The van der Waals surface area contributed by atoms with E-state index in [9.17, 15) is 0 Å². The maximum atomic E-state index is 5.16. The van der Waals surface area contributed by atoms with Gasteiger partial charge < -0.3 is 9.55 Å². The van der Waals surface area contributed by atoms with Crippen LogP contribution in [0.4, 0.5) is 0 Å². The second kappa shape index (κ2) is 2.48. The third kappa shape index (κ3) is 1.03. The fourth-order valence-corrected chi connectivity index (χ4v) is 1.92. The van der Waals surface area contributed by atoms with E-state index in [0.717, 1.165) is 4.77 Å². The van der Waals surface area contributed by atoms with Crippen LogP contribution in [0.15, 0.2) is 6.20 Å². The first-order valence-electron chi connectivity index (χ1n) is 4.05. The van der Waals surface area contributed by atoms with Crippen molar-refractivity contribution in [3.8, 4) is 0 Å². The van der Waals surface area contributed by atoms with E-state index < -0.39 is 0 Å². The standard InChI is InChI=1S/C8H12N2S/c1-6-5-9-8(11)10(6)7-3-2-4-7/h5,7H,2-4H2,1H3,(H,9,11). The summed E-state index contributed by atoms with van der Waals surface area (Å²) in [6.07, 6.45) is 5.94. The number of nitrogens with one attached hydrogen (secondary N) is 1. The molecule has 1 aromatic heterocycles. The van der Waals surface area contributed by atoms with Crippen LogP contribution in [0.3, 0.4) is 0 Å². The summed E-state index contributed by atoms with van der Waals surface area (Å²) < 4.78 is 3.12. The molecule has 0 atom stereocenters. The Bertz CT molecular complexity index is 306. The van der Waals surface area contributed by atoms with Crippen molar-refractivity contribution in [3.05, 3.63) is 16.7 Å². The van der Waals surface area contributed by atoms with Crippen molar-refractivity contribution in [1.29, 1.82) is 0 Å². The lowest BCUT2D eigenvalue weighted by Gasteiger charge is -2.27. The molecule has 1 aliphatic rings. The van der Waals surface area contributed by atoms with Gasteiger partial charge in [0.25, 0.3) is 0 Å². The highest BCUT2D eigenvalue weighted by Crippen LogP contribution is 2.32. The van der Waals surface area contributed by atoms with Crippen LogP contribution in [0, 0.1) is 11.7 Å². The third-order valence-electron chi connectivity index (χ3n) is 2.44. The second-order valence-corrected chi connectivity index (χ2v) is 3.58. The number of nitrogens with zero attached hydrogens (tertiary/aromatic N) is 1. The minimum absolute atomic E-state index is 0.689. The molecule has 0 amide bonds. The summed E-state index contributed by atoms with van der Waals surface area (Å²) in [6.45, 7) is 2.10. The van der Waals surface area contributed by atoms with Crippen LogP contribution in [0.5, 0.6) is 0 Å². The van der Waals surface area contributed by atoms with Gasteiger partial charge in [-0.25, -0.2) is 0 Å². The summed E-state index contributed by atoms with van der Waals surface area (Å²) in [5, 5.41) is 0. The maximum absolute atomic E-state index is 5.16. The monoisotopic (exact) mass is 168 g/mol. The number of aryl methyl sites for hydroxylation is 1. The normalized spacial score (nSPS) is 18.3. The molecule has 0 radical (unpaired) electrons. The number of imidazole rings is 1. The lowest BCUT2D eigenvalue weighted by atomic mass is 9.93. The van der Waals surface area contributed by atoms with E-state index in [4.69, 9.17) is 12.2 Å². The zero-order chi connectivity index (χ0) is 7.84. The van der Waals surface area contributed by atoms with Crippen LogP contribution in [0.1, 0.15) is 31.0 Å². The molecule has 1 N–H and O–H groups in total. The number of aromatic amines is 1. The molecule has 60 valence electrons. The molecule has 0 aliphatic heterocycles. The van der Waals surface area contributed by atoms with Crippen molar-refractivity contribution < 1.29 is 0 Å². The van der Waals surface area contributed by atoms with Gasteiger partial charge in [0.15, 0.2) is 4.77 Å². The molecule has 0 aromatic carbocycles. The third-order valence-corrected chi connectivity index (χ3v) is 2.76. The van der Waals surface area contributed by atoms with Crippen LogP contribution in [0.2, 0.25) is 0 Å². The quantitative estimate of drug-likeness (QED) is 0.639. The summed E-state index contributed by atoms with van der Waals surface area (Å²) in [4.78, 5) is 3.06. The molecule has 0 unspecified atom stereocenters. The first kappa shape index (κ1) is 7.10. The van der Waals surface area contributed by atoms with Gasteiger partial charge in [-0.3, -0.25) is 0 Å². The van der Waals surface area contributed by atoms with Gasteiger partial charge in [-0.1, -0.05) is 0 Å². The Morgan fingerprint density at radius 3 is 2.73 bits per heavy atom. The molecule has 2 rings (SSSR count). The molecule has 0 saturated heterocycles. The zero-order valence-electron chi connectivity index (χ0n) is 6.63. The molecule has 1 aliphatic carbocycles. The number of hydrogen-bond acceptors (Lipinski definition) is 1. The Labute approximate surface area is 71.2 Å². The van der Waals surface area contributed by atoms with Gasteiger partial charge in [0.1, 0.15) is 0 Å². The summed E-state index contributed by atoms with van der Waals surface area (Å²) in [6, 6.07) is 0.689. The van der Waals surface area contributed by atoms with Gasteiger partial charge in [0.2, 0.25) is 0 Å². The van der Waals surface area contributed by atoms with E-state index in [1.807, 2.05) is 6.20 Å². The predicted octanol–water partition coefficient (Wildman–Crippen LogP) is 2.58. The minimum atomic E-state index is 0.689. The fraction of sp³-hybridized carbons (Fsp3) is 0.625. The van der Waals surface area contributed by atoms with Crippen LogP contribution < -0.4 is 0 Å².